The first-order valence-corrected chi connectivity index (χ1v) is 7.43. The van der Waals surface area contributed by atoms with Crippen molar-refractivity contribution in [2.24, 2.45) is 0 Å². The van der Waals surface area contributed by atoms with Crippen molar-refractivity contribution in [3.8, 4) is 0 Å². The first kappa shape index (κ1) is 15.3. The van der Waals surface area contributed by atoms with Gasteiger partial charge in [-0.2, -0.15) is 0 Å². The number of carbonyl (C=O) groups is 1. The van der Waals surface area contributed by atoms with Gasteiger partial charge in [-0.25, -0.2) is 4.79 Å². The molecule has 0 radical (unpaired) electrons. The quantitative estimate of drug-likeness (QED) is 0.798. The van der Waals surface area contributed by atoms with E-state index in [4.69, 9.17) is 18.9 Å². The predicted octanol–water partition coefficient (Wildman–Crippen LogP) is 2.13. The van der Waals surface area contributed by atoms with Gasteiger partial charge < -0.3 is 23.8 Å². The summed E-state index contributed by atoms with van der Waals surface area (Å²) in [7, 11) is 3.09. The smallest absolute Gasteiger partial charge is 0.410 e. The number of nitrogens with zero attached hydrogens (tertiary/aromatic N) is 1. The van der Waals surface area contributed by atoms with Crippen molar-refractivity contribution in [3.63, 3.8) is 0 Å². The molecule has 0 bridgehead atoms. The number of rotatable bonds is 4. The van der Waals surface area contributed by atoms with E-state index >= 15 is 0 Å². The van der Waals surface area contributed by atoms with Crippen LogP contribution in [-0.2, 0) is 25.6 Å². The molecule has 2 heterocycles. The molecule has 3 rings (SSSR count). The summed E-state index contributed by atoms with van der Waals surface area (Å²) in [4.78, 5) is 14.0. The fourth-order valence-electron chi connectivity index (χ4n) is 3.11. The van der Waals surface area contributed by atoms with Gasteiger partial charge in [0.15, 0.2) is 0 Å². The number of hydrogen-bond acceptors (Lipinski definition) is 5. The summed E-state index contributed by atoms with van der Waals surface area (Å²) in [6, 6.07) is 9.57. The summed E-state index contributed by atoms with van der Waals surface area (Å²) in [5, 5.41) is 0. The summed E-state index contributed by atoms with van der Waals surface area (Å²) < 4.78 is 21.9. The van der Waals surface area contributed by atoms with Gasteiger partial charge in [0.1, 0.15) is 6.61 Å². The highest BCUT2D eigenvalue weighted by Gasteiger charge is 2.54. The lowest BCUT2D eigenvalue weighted by Gasteiger charge is -2.27. The Morgan fingerprint density at radius 2 is 2.05 bits per heavy atom. The summed E-state index contributed by atoms with van der Waals surface area (Å²) in [6.45, 7) is 0.903. The van der Waals surface area contributed by atoms with Gasteiger partial charge in [-0.05, 0) is 12.0 Å². The fourth-order valence-corrected chi connectivity index (χ4v) is 3.11. The van der Waals surface area contributed by atoms with Crippen LogP contribution in [0.1, 0.15) is 18.4 Å². The minimum absolute atomic E-state index is 0.0656. The molecule has 0 N–H and O–H groups in total. The molecule has 1 amide bonds. The second kappa shape index (κ2) is 6.24. The monoisotopic (exact) mass is 307 g/mol. The standard InChI is InChI=1S/C16H21NO5/c1-19-16(20-2)10-13-14(22-16)8-9-17(13)15(18)21-11-12-6-4-3-5-7-12/h3-7,13-14H,8-11H2,1-2H3. The molecular weight excluding hydrogens is 286 g/mol. The van der Waals surface area contributed by atoms with E-state index in [9.17, 15) is 4.79 Å². The number of likely N-dealkylation sites (tertiary alicyclic amines) is 1. The predicted molar refractivity (Wildman–Crippen MR) is 78.0 cm³/mol. The topological polar surface area (TPSA) is 57.2 Å². The van der Waals surface area contributed by atoms with Crippen LogP contribution in [-0.4, -0.2) is 49.9 Å². The molecule has 2 atom stereocenters. The Hall–Kier alpha value is -1.63. The van der Waals surface area contributed by atoms with Crippen molar-refractivity contribution in [3.05, 3.63) is 35.9 Å². The van der Waals surface area contributed by atoms with Crippen molar-refractivity contribution < 1.29 is 23.7 Å². The molecule has 22 heavy (non-hydrogen) atoms. The fraction of sp³-hybridized carbons (Fsp3) is 0.562. The van der Waals surface area contributed by atoms with E-state index < -0.39 is 5.97 Å². The van der Waals surface area contributed by atoms with Crippen LogP contribution in [0.4, 0.5) is 4.79 Å². The van der Waals surface area contributed by atoms with Crippen LogP contribution in [0.3, 0.4) is 0 Å². The summed E-state index contributed by atoms with van der Waals surface area (Å²) in [5.74, 6) is -1.05. The minimum Gasteiger partial charge on any atom is -0.445 e. The van der Waals surface area contributed by atoms with Crippen molar-refractivity contribution >= 4 is 6.09 Å². The minimum atomic E-state index is -1.05. The molecule has 0 aliphatic carbocycles. The highest BCUT2D eigenvalue weighted by molar-refractivity contribution is 5.68. The molecule has 6 heteroatoms. The molecule has 0 spiro atoms. The number of hydrogen-bond donors (Lipinski definition) is 0. The number of amides is 1. The molecule has 2 fully saturated rings. The zero-order valence-corrected chi connectivity index (χ0v) is 12.9. The van der Waals surface area contributed by atoms with E-state index in [2.05, 4.69) is 0 Å². The van der Waals surface area contributed by atoms with Crippen LogP contribution < -0.4 is 0 Å². The third-order valence-corrected chi connectivity index (χ3v) is 4.34. The number of carbonyl (C=O) groups excluding carboxylic acids is 1. The van der Waals surface area contributed by atoms with Gasteiger partial charge in [-0.15, -0.1) is 0 Å². The van der Waals surface area contributed by atoms with Crippen LogP contribution in [0.5, 0.6) is 0 Å². The Kier molecular flexibility index (Phi) is 4.33. The first-order chi connectivity index (χ1) is 10.7. The van der Waals surface area contributed by atoms with Crippen molar-refractivity contribution in [2.45, 2.75) is 37.6 Å². The second-order valence-electron chi connectivity index (χ2n) is 5.54. The molecule has 1 aromatic rings. The van der Waals surface area contributed by atoms with E-state index in [0.29, 0.717) is 13.0 Å². The van der Waals surface area contributed by atoms with Crippen LogP contribution in [0.15, 0.2) is 30.3 Å². The number of fused-ring (bicyclic) bond motifs is 1. The van der Waals surface area contributed by atoms with Crippen LogP contribution in [0, 0.1) is 0 Å². The molecule has 0 saturated carbocycles. The van der Waals surface area contributed by atoms with Crippen LogP contribution >= 0.6 is 0 Å². The van der Waals surface area contributed by atoms with Crippen LogP contribution in [0.25, 0.3) is 0 Å². The highest BCUT2D eigenvalue weighted by Crippen LogP contribution is 2.40. The molecule has 6 nitrogen and oxygen atoms in total. The lowest BCUT2D eigenvalue weighted by atomic mass is 10.1. The van der Waals surface area contributed by atoms with E-state index in [0.717, 1.165) is 12.0 Å². The summed E-state index contributed by atoms with van der Waals surface area (Å²) >= 11 is 0. The van der Waals surface area contributed by atoms with Gasteiger partial charge in [0.05, 0.1) is 18.6 Å². The second-order valence-corrected chi connectivity index (χ2v) is 5.54. The molecular formula is C16H21NO5. The maximum atomic E-state index is 12.3. The van der Waals surface area contributed by atoms with Gasteiger partial charge >= 0.3 is 6.09 Å². The van der Waals surface area contributed by atoms with Gasteiger partial charge in [0, 0.05) is 20.8 Å². The lowest BCUT2D eigenvalue weighted by molar-refractivity contribution is -0.351. The molecule has 0 aromatic heterocycles. The van der Waals surface area contributed by atoms with Gasteiger partial charge in [0.2, 0.25) is 0 Å². The Morgan fingerprint density at radius 1 is 1.32 bits per heavy atom. The maximum Gasteiger partial charge on any atom is 0.410 e. The number of benzene rings is 1. The van der Waals surface area contributed by atoms with Crippen molar-refractivity contribution in [2.75, 3.05) is 20.8 Å². The third kappa shape index (κ3) is 2.82. The lowest BCUT2D eigenvalue weighted by Crippen LogP contribution is -2.40. The zero-order valence-electron chi connectivity index (χ0n) is 12.9. The molecule has 2 saturated heterocycles. The Morgan fingerprint density at radius 3 is 2.73 bits per heavy atom. The normalized spacial score (nSPS) is 26.0. The number of methoxy groups -OCH3 is 2. The van der Waals surface area contributed by atoms with E-state index in [1.807, 2.05) is 30.3 Å². The first-order valence-electron chi connectivity index (χ1n) is 7.43. The van der Waals surface area contributed by atoms with Gasteiger partial charge in [0.25, 0.3) is 5.97 Å². The van der Waals surface area contributed by atoms with E-state index in [-0.39, 0.29) is 24.8 Å². The summed E-state index contributed by atoms with van der Waals surface area (Å²) in [5.41, 5.74) is 0.970. The Bertz CT molecular complexity index is 517. The Labute approximate surface area is 129 Å². The molecule has 2 unspecified atom stereocenters. The molecule has 2 aliphatic rings. The SMILES string of the molecule is COC1(OC)CC2C(CCN2C(=O)OCc2ccccc2)O1. The zero-order chi connectivity index (χ0) is 15.6. The van der Waals surface area contributed by atoms with Crippen molar-refractivity contribution in [1.82, 2.24) is 4.90 Å². The summed E-state index contributed by atoms with van der Waals surface area (Å²) in [6.07, 6.45) is 0.872. The maximum absolute atomic E-state index is 12.3. The third-order valence-electron chi connectivity index (χ3n) is 4.34. The van der Waals surface area contributed by atoms with Gasteiger partial charge in [-0.1, -0.05) is 30.3 Å². The molecule has 2 aliphatic heterocycles. The molecule has 1 aromatic carbocycles. The van der Waals surface area contributed by atoms with E-state index in [1.165, 1.54) is 0 Å². The largest absolute Gasteiger partial charge is 0.445 e. The highest BCUT2D eigenvalue weighted by atomic mass is 16.9. The van der Waals surface area contributed by atoms with Crippen LogP contribution in [0.2, 0.25) is 0 Å². The average molecular weight is 307 g/mol. The number of ether oxygens (including phenoxy) is 4. The van der Waals surface area contributed by atoms with Gasteiger partial charge in [-0.3, -0.25) is 0 Å². The Balaban J connectivity index is 1.60. The molecule has 120 valence electrons. The average Bonchev–Trinajstić information content (AvgIpc) is 3.11. The van der Waals surface area contributed by atoms with E-state index in [1.54, 1.807) is 19.1 Å². The van der Waals surface area contributed by atoms with Crippen molar-refractivity contribution in [1.29, 1.82) is 0 Å².